The summed E-state index contributed by atoms with van der Waals surface area (Å²) in [6.45, 7) is 5.22. The highest BCUT2D eigenvalue weighted by molar-refractivity contribution is 7.99. The van der Waals surface area contributed by atoms with E-state index in [4.69, 9.17) is 4.74 Å². The van der Waals surface area contributed by atoms with Crippen LogP contribution in [-0.4, -0.2) is 37.9 Å². The van der Waals surface area contributed by atoms with Crippen molar-refractivity contribution in [1.29, 1.82) is 0 Å². The number of nitrogens with zero attached hydrogens (tertiary/aromatic N) is 4. The molecule has 2 aromatic heterocycles. The Morgan fingerprint density at radius 2 is 2.12 bits per heavy atom. The van der Waals surface area contributed by atoms with Gasteiger partial charge in [-0.05, 0) is 49.4 Å². The van der Waals surface area contributed by atoms with Crippen molar-refractivity contribution >= 4 is 28.5 Å². The molecule has 1 aliphatic rings. The monoisotopic (exact) mass is 482 g/mol. The van der Waals surface area contributed by atoms with E-state index in [2.05, 4.69) is 24.0 Å². The van der Waals surface area contributed by atoms with Gasteiger partial charge in [0.15, 0.2) is 0 Å². The standard InChI is InChI=1S/C26H34N4O3S/c1-3-5-6-19(4-2)18-33-25(31)12-14-34-23-9-10-24-20(15-23)16-27-30(26(24)32)17-21-11-13-29(28-21)22-7-8-22/h9-11,13,15-16,19,22H,3-8,12,14,17-18H2,1-2H3. The van der Waals surface area contributed by atoms with Crippen LogP contribution < -0.4 is 5.56 Å². The van der Waals surface area contributed by atoms with Crippen LogP contribution in [0.2, 0.25) is 0 Å². The van der Waals surface area contributed by atoms with Crippen molar-refractivity contribution in [3.63, 3.8) is 0 Å². The largest absolute Gasteiger partial charge is 0.465 e. The summed E-state index contributed by atoms with van der Waals surface area (Å²) >= 11 is 1.59. The third kappa shape index (κ3) is 6.50. The van der Waals surface area contributed by atoms with Gasteiger partial charge in [0.05, 0.1) is 42.9 Å². The molecule has 0 bridgehead atoms. The molecule has 3 aromatic rings. The number of unbranched alkanes of at least 4 members (excludes halogenated alkanes) is 1. The second-order valence-electron chi connectivity index (χ2n) is 9.07. The lowest BCUT2D eigenvalue weighted by Gasteiger charge is -2.14. The van der Waals surface area contributed by atoms with Crippen molar-refractivity contribution in [2.45, 2.75) is 76.3 Å². The zero-order valence-electron chi connectivity index (χ0n) is 20.1. The molecule has 0 radical (unpaired) electrons. The lowest BCUT2D eigenvalue weighted by atomic mass is 10.0. The highest BCUT2D eigenvalue weighted by Gasteiger charge is 2.24. The molecule has 1 aromatic carbocycles. The van der Waals surface area contributed by atoms with Gasteiger partial charge in [0, 0.05) is 22.2 Å². The molecule has 1 aliphatic carbocycles. The summed E-state index contributed by atoms with van der Waals surface area (Å²) in [6.07, 6.45) is 10.9. The molecule has 2 heterocycles. The van der Waals surface area contributed by atoms with E-state index in [0.717, 1.165) is 28.8 Å². The van der Waals surface area contributed by atoms with Crippen LogP contribution in [0.5, 0.6) is 0 Å². The van der Waals surface area contributed by atoms with Crippen molar-refractivity contribution in [2.75, 3.05) is 12.4 Å². The summed E-state index contributed by atoms with van der Waals surface area (Å²) in [5, 5.41) is 10.4. The number of carbonyl (C=O) groups excluding carboxylic acids is 1. The van der Waals surface area contributed by atoms with Crippen molar-refractivity contribution in [2.24, 2.45) is 5.92 Å². The van der Waals surface area contributed by atoms with Crippen LogP contribution in [0.4, 0.5) is 0 Å². The minimum absolute atomic E-state index is 0.118. The lowest BCUT2D eigenvalue weighted by Crippen LogP contribution is -2.23. The SMILES string of the molecule is CCCCC(CC)COC(=O)CCSc1ccc2c(=O)n(Cc3ccn(C4CC4)n3)ncc2c1. The quantitative estimate of drug-likeness (QED) is 0.246. The maximum atomic E-state index is 12.9. The molecular weight excluding hydrogens is 448 g/mol. The first-order valence-electron chi connectivity index (χ1n) is 12.4. The summed E-state index contributed by atoms with van der Waals surface area (Å²) in [5.41, 5.74) is 0.725. The first-order valence-corrected chi connectivity index (χ1v) is 13.4. The van der Waals surface area contributed by atoms with Gasteiger partial charge in [-0.1, -0.05) is 33.1 Å². The minimum Gasteiger partial charge on any atom is -0.465 e. The van der Waals surface area contributed by atoms with Gasteiger partial charge in [0.2, 0.25) is 0 Å². The van der Waals surface area contributed by atoms with Crippen LogP contribution in [0.3, 0.4) is 0 Å². The van der Waals surface area contributed by atoms with Gasteiger partial charge in [0.25, 0.3) is 5.56 Å². The third-order valence-electron chi connectivity index (χ3n) is 6.32. The fourth-order valence-electron chi connectivity index (χ4n) is 3.96. The van der Waals surface area contributed by atoms with Crippen LogP contribution in [0, 0.1) is 5.92 Å². The van der Waals surface area contributed by atoms with Crippen molar-refractivity contribution in [1.82, 2.24) is 19.6 Å². The fraction of sp³-hybridized carbons (Fsp3) is 0.538. The van der Waals surface area contributed by atoms with Gasteiger partial charge >= 0.3 is 5.97 Å². The number of esters is 1. The van der Waals surface area contributed by atoms with Gasteiger partial charge in [-0.3, -0.25) is 14.3 Å². The molecule has 4 rings (SSSR count). The molecule has 1 unspecified atom stereocenters. The van der Waals surface area contributed by atoms with Gasteiger partial charge in [-0.15, -0.1) is 11.8 Å². The third-order valence-corrected chi connectivity index (χ3v) is 7.31. The Labute approximate surface area is 204 Å². The molecule has 8 heteroatoms. The molecule has 0 saturated heterocycles. The van der Waals surface area contributed by atoms with Crippen LogP contribution in [0.1, 0.15) is 70.5 Å². The minimum atomic E-state index is -0.142. The molecule has 0 aliphatic heterocycles. The lowest BCUT2D eigenvalue weighted by molar-refractivity contribution is -0.144. The summed E-state index contributed by atoms with van der Waals surface area (Å²) in [4.78, 5) is 26.0. The number of thioether (sulfide) groups is 1. The molecule has 0 amide bonds. The van der Waals surface area contributed by atoms with Crippen LogP contribution in [0.25, 0.3) is 10.8 Å². The predicted molar refractivity (Wildman–Crippen MR) is 135 cm³/mol. The maximum Gasteiger partial charge on any atom is 0.306 e. The molecule has 0 spiro atoms. The molecule has 1 fully saturated rings. The number of carbonyl (C=O) groups is 1. The fourth-order valence-corrected chi connectivity index (χ4v) is 4.84. The van der Waals surface area contributed by atoms with Gasteiger partial charge in [0.1, 0.15) is 0 Å². The van der Waals surface area contributed by atoms with Gasteiger partial charge in [-0.2, -0.15) is 10.2 Å². The Morgan fingerprint density at radius 3 is 2.88 bits per heavy atom. The predicted octanol–water partition coefficient (Wildman–Crippen LogP) is 5.22. The number of fused-ring (bicyclic) bond motifs is 1. The Bertz CT molecular complexity index is 1170. The maximum absolute atomic E-state index is 12.9. The second kappa shape index (κ2) is 11.7. The Hall–Kier alpha value is -2.61. The molecular formula is C26H34N4O3S. The molecule has 1 saturated carbocycles. The molecule has 0 N–H and O–H groups in total. The highest BCUT2D eigenvalue weighted by atomic mass is 32.2. The van der Waals surface area contributed by atoms with E-state index in [1.807, 2.05) is 35.1 Å². The number of rotatable bonds is 13. The van der Waals surface area contributed by atoms with Crippen LogP contribution >= 0.6 is 11.8 Å². The van der Waals surface area contributed by atoms with Crippen molar-refractivity contribution in [3.8, 4) is 0 Å². The van der Waals surface area contributed by atoms with E-state index in [9.17, 15) is 9.59 Å². The van der Waals surface area contributed by atoms with E-state index in [1.54, 1.807) is 18.0 Å². The number of ether oxygens (including phenoxy) is 1. The van der Waals surface area contributed by atoms with E-state index in [1.165, 1.54) is 30.4 Å². The average Bonchev–Trinajstić information content (AvgIpc) is 3.59. The Morgan fingerprint density at radius 1 is 1.26 bits per heavy atom. The van der Waals surface area contributed by atoms with Crippen LogP contribution in [-0.2, 0) is 16.1 Å². The van der Waals surface area contributed by atoms with E-state index in [-0.39, 0.29) is 11.5 Å². The average molecular weight is 483 g/mol. The zero-order valence-corrected chi connectivity index (χ0v) is 20.9. The number of benzene rings is 1. The molecule has 182 valence electrons. The van der Waals surface area contributed by atoms with Gasteiger partial charge < -0.3 is 4.74 Å². The second-order valence-corrected chi connectivity index (χ2v) is 10.2. The van der Waals surface area contributed by atoms with E-state index < -0.39 is 0 Å². The number of hydrogen-bond donors (Lipinski definition) is 0. The number of aromatic nitrogens is 4. The summed E-state index contributed by atoms with van der Waals surface area (Å²) in [7, 11) is 0. The Balaban J connectivity index is 1.29. The van der Waals surface area contributed by atoms with Gasteiger partial charge in [-0.25, -0.2) is 4.68 Å². The molecule has 34 heavy (non-hydrogen) atoms. The van der Waals surface area contributed by atoms with Crippen molar-refractivity contribution in [3.05, 3.63) is 52.7 Å². The molecule has 1 atom stereocenters. The summed E-state index contributed by atoms with van der Waals surface area (Å²) in [5.74, 6) is 0.962. The zero-order chi connectivity index (χ0) is 23.9. The first kappa shape index (κ1) is 24.5. The van der Waals surface area contributed by atoms with Crippen molar-refractivity contribution < 1.29 is 9.53 Å². The topological polar surface area (TPSA) is 79.0 Å². The smallest absolute Gasteiger partial charge is 0.306 e. The Kier molecular flexibility index (Phi) is 8.43. The van der Waals surface area contributed by atoms with Crippen LogP contribution in [0.15, 0.2) is 46.3 Å². The van der Waals surface area contributed by atoms with E-state index in [0.29, 0.717) is 42.7 Å². The normalized spacial score (nSPS) is 14.4. The summed E-state index contributed by atoms with van der Waals surface area (Å²) < 4.78 is 8.93. The highest BCUT2D eigenvalue weighted by Crippen LogP contribution is 2.33. The summed E-state index contributed by atoms with van der Waals surface area (Å²) in [6, 6.07) is 8.22. The molecule has 7 nitrogen and oxygen atoms in total. The van der Waals surface area contributed by atoms with E-state index >= 15 is 0 Å². The number of hydrogen-bond acceptors (Lipinski definition) is 6. The first-order chi connectivity index (χ1) is 16.6.